The van der Waals surface area contributed by atoms with Gasteiger partial charge in [-0.15, -0.1) is 0 Å². The summed E-state index contributed by atoms with van der Waals surface area (Å²) in [5, 5.41) is 0. The van der Waals surface area contributed by atoms with E-state index in [-0.39, 0.29) is 11.5 Å². The van der Waals surface area contributed by atoms with E-state index >= 15 is 0 Å². The summed E-state index contributed by atoms with van der Waals surface area (Å²) in [6.07, 6.45) is 0. The lowest BCUT2D eigenvalue weighted by atomic mass is 10.1. The van der Waals surface area contributed by atoms with Gasteiger partial charge in [-0.1, -0.05) is 34.1 Å². The fourth-order valence-electron chi connectivity index (χ4n) is 1.87. The highest BCUT2D eigenvalue weighted by molar-refractivity contribution is 9.10. The summed E-state index contributed by atoms with van der Waals surface area (Å²) < 4.78 is 15.2. The van der Waals surface area contributed by atoms with Gasteiger partial charge in [0.05, 0.1) is 5.56 Å². The van der Waals surface area contributed by atoms with Crippen LogP contribution in [0.25, 0.3) is 0 Å². The summed E-state index contributed by atoms with van der Waals surface area (Å²) in [6.45, 7) is 0.416. The highest BCUT2D eigenvalue weighted by Gasteiger charge is 2.19. The molecule has 0 spiro atoms. The number of halogens is 3. The van der Waals surface area contributed by atoms with Crippen LogP contribution in [-0.2, 0) is 6.54 Å². The zero-order chi connectivity index (χ0) is 14.7. The number of benzene rings is 2. The Balaban J connectivity index is 2.21. The molecule has 0 aromatic heterocycles. The molecule has 0 saturated heterocycles. The quantitative estimate of drug-likeness (QED) is 0.735. The third kappa shape index (κ3) is 3.46. The fourth-order valence-corrected chi connectivity index (χ4v) is 2.83. The van der Waals surface area contributed by atoms with Crippen molar-refractivity contribution < 1.29 is 9.18 Å². The van der Waals surface area contributed by atoms with Crippen LogP contribution >= 0.6 is 31.9 Å². The van der Waals surface area contributed by atoms with Crippen molar-refractivity contribution in [2.24, 2.45) is 0 Å². The molecule has 2 aromatic rings. The first-order valence-corrected chi connectivity index (χ1v) is 7.51. The van der Waals surface area contributed by atoms with E-state index in [4.69, 9.17) is 0 Å². The first kappa shape index (κ1) is 15.2. The van der Waals surface area contributed by atoms with E-state index in [1.54, 1.807) is 19.2 Å². The van der Waals surface area contributed by atoms with Crippen molar-refractivity contribution in [1.82, 2.24) is 4.90 Å². The molecule has 2 rings (SSSR count). The van der Waals surface area contributed by atoms with Gasteiger partial charge in [0.25, 0.3) is 5.91 Å². The van der Waals surface area contributed by atoms with E-state index < -0.39 is 5.82 Å². The molecule has 0 aliphatic carbocycles. The van der Waals surface area contributed by atoms with Gasteiger partial charge in [-0.05, 0) is 45.8 Å². The fraction of sp³-hybridized carbons (Fsp3) is 0.133. The van der Waals surface area contributed by atoms with Crippen molar-refractivity contribution in [3.05, 3.63) is 68.4 Å². The summed E-state index contributed by atoms with van der Waals surface area (Å²) in [5.41, 5.74) is 1.03. The van der Waals surface area contributed by atoms with Gasteiger partial charge in [0.1, 0.15) is 5.82 Å². The number of carbonyl (C=O) groups is 1. The molecule has 0 radical (unpaired) electrons. The summed E-state index contributed by atoms with van der Waals surface area (Å²) >= 11 is 6.60. The van der Waals surface area contributed by atoms with Crippen molar-refractivity contribution >= 4 is 37.8 Å². The molecule has 0 aliphatic heterocycles. The van der Waals surface area contributed by atoms with Gasteiger partial charge >= 0.3 is 0 Å². The smallest absolute Gasteiger partial charge is 0.258 e. The molecular weight excluding hydrogens is 389 g/mol. The number of rotatable bonds is 3. The Morgan fingerprint density at radius 3 is 2.55 bits per heavy atom. The van der Waals surface area contributed by atoms with Crippen LogP contribution in [0, 0.1) is 5.82 Å². The van der Waals surface area contributed by atoms with Gasteiger partial charge in [0, 0.05) is 22.5 Å². The Bertz CT molecular complexity index is 625. The lowest BCUT2D eigenvalue weighted by Gasteiger charge is -2.18. The number of amides is 1. The minimum Gasteiger partial charge on any atom is -0.337 e. The van der Waals surface area contributed by atoms with Crippen molar-refractivity contribution in [2.45, 2.75) is 6.54 Å². The predicted molar refractivity (Wildman–Crippen MR) is 84.0 cm³/mol. The van der Waals surface area contributed by atoms with Crippen LogP contribution in [-0.4, -0.2) is 17.9 Å². The molecule has 0 fully saturated rings. The molecule has 5 heteroatoms. The van der Waals surface area contributed by atoms with E-state index in [2.05, 4.69) is 31.9 Å². The Labute approximate surface area is 133 Å². The normalized spacial score (nSPS) is 10.4. The highest BCUT2D eigenvalue weighted by Crippen LogP contribution is 2.22. The van der Waals surface area contributed by atoms with Gasteiger partial charge in [-0.2, -0.15) is 0 Å². The topological polar surface area (TPSA) is 20.3 Å². The molecule has 2 aromatic carbocycles. The molecular formula is C15H12Br2FNO. The largest absolute Gasteiger partial charge is 0.337 e. The molecule has 2 nitrogen and oxygen atoms in total. The van der Waals surface area contributed by atoms with E-state index in [0.29, 0.717) is 11.0 Å². The Kier molecular flexibility index (Phi) is 4.94. The van der Waals surface area contributed by atoms with Crippen molar-refractivity contribution in [3.8, 4) is 0 Å². The maximum Gasteiger partial charge on any atom is 0.258 e. The van der Waals surface area contributed by atoms with Crippen LogP contribution in [0.5, 0.6) is 0 Å². The lowest BCUT2D eigenvalue weighted by Crippen LogP contribution is -2.27. The first-order chi connectivity index (χ1) is 9.49. The minimum atomic E-state index is -0.523. The summed E-state index contributed by atoms with van der Waals surface area (Å²) in [6, 6.07) is 12.2. The van der Waals surface area contributed by atoms with Crippen LogP contribution in [0.1, 0.15) is 15.9 Å². The minimum absolute atomic E-state index is 0.0602. The second-order valence-corrected chi connectivity index (χ2v) is 6.16. The first-order valence-electron chi connectivity index (χ1n) is 5.93. The average molecular weight is 401 g/mol. The molecule has 0 atom stereocenters. The van der Waals surface area contributed by atoms with Crippen LogP contribution in [0.3, 0.4) is 0 Å². The molecule has 0 heterocycles. The van der Waals surface area contributed by atoms with Crippen LogP contribution in [0.2, 0.25) is 0 Å². The lowest BCUT2D eigenvalue weighted by molar-refractivity contribution is 0.0779. The van der Waals surface area contributed by atoms with Gasteiger partial charge in [0.15, 0.2) is 0 Å². The summed E-state index contributed by atoms with van der Waals surface area (Å²) in [7, 11) is 1.65. The maximum absolute atomic E-state index is 13.8. The number of nitrogens with zero attached hydrogens (tertiary/aromatic N) is 1. The average Bonchev–Trinajstić information content (AvgIpc) is 2.38. The van der Waals surface area contributed by atoms with E-state index in [1.165, 1.54) is 11.0 Å². The third-order valence-electron chi connectivity index (χ3n) is 2.83. The molecule has 0 bridgehead atoms. The Morgan fingerprint density at radius 1 is 1.20 bits per heavy atom. The molecule has 0 saturated carbocycles. The van der Waals surface area contributed by atoms with E-state index in [0.717, 1.165) is 10.0 Å². The number of hydrogen-bond donors (Lipinski definition) is 0. The standard InChI is InChI=1S/C15H12Br2FNO/c1-19(9-10-4-2-5-11(16)8-10)15(20)14-12(17)6-3-7-13(14)18/h2-8H,9H2,1H3. The molecule has 1 amide bonds. The Morgan fingerprint density at radius 2 is 1.90 bits per heavy atom. The third-order valence-corrected chi connectivity index (χ3v) is 3.99. The van der Waals surface area contributed by atoms with Gasteiger partial charge in [0.2, 0.25) is 0 Å². The number of carbonyl (C=O) groups excluding carboxylic acids is 1. The molecule has 0 aliphatic rings. The predicted octanol–water partition coefficient (Wildman–Crippen LogP) is 4.62. The van der Waals surface area contributed by atoms with Gasteiger partial charge in [-0.3, -0.25) is 4.79 Å². The number of hydrogen-bond acceptors (Lipinski definition) is 1. The zero-order valence-corrected chi connectivity index (χ0v) is 13.9. The highest BCUT2D eigenvalue weighted by atomic mass is 79.9. The van der Waals surface area contributed by atoms with Crippen LogP contribution in [0.4, 0.5) is 4.39 Å². The van der Waals surface area contributed by atoms with Gasteiger partial charge < -0.3 is 4.90 Å². The van der Waals surface area contributed by atoms with Crippen LogP contribution < -0.4 is 0 Å². The molecule has 20 heavy (non-hydrogen) atoms. The molecule has 0 unspecified atom stereocenters. The molecule has 104 valence electrons. The zero-order valence-electron chi connectivity index (χ0n) is 10.7. The van der Waals surface area contributed by atoms with Crippen molar-refractivity contribution in [2.75, 3.05) is 7.05 Å². The maximum atomic E-state index is 13.8. The second kappa shape index (κ2) is 6.50. The van der Waals surface area contributed by atoms with Crippen molar-refractivity contribution in [1.29, 1.82) is 0 Å². The van der Waals surface area contributed by atoms with E-state index in [9.17, 15) is 9.18 Å². The van der Waals surface area contributed by atoms with Gasteiger partial charge in [-0.25, -0.2) is 4.39 Å². The van der Waals surface area contributed by atoms with Crippen LogP contribution in [0.15, 0.2) is 51.4 Å². The monoisotopic (exact) mass is 399 g/mol. The summed E-state index contributed by atoms with van der Waals surface area (Å²) in [4.78, 5) is 13.8. The van der Waals surface area contributed by atoms with E-state index in [1.807, 2.05) is 24.3 Å². The summed E-state index contributed by atoms with van der Waals surface area (Å²) in [5.74, 6) is -0.875. The second-order valence-electron chi connectivity index (χ2n) is 4.39. The SMILES string of the molecule is CN(Cc1cccc(Br)c1)C(=O)c1c(F)cccc1Br. The van der Waals surface area contributed by atoms with Crippen molar-refractivity contribution in [3.63, 3.8) is 0 Å². The molecule has 0 N–H and O–H groups in total. The Hall–Kier alpha value is -1.20.